The Morgan fingerprint density at radius 3 is 2.33 bits per heavy atom. The van der Waals surface area contributed by atoms with E-state index in [4.69, 9.17) is 10.8 Å². The van der Waals surface area contributed by atoms with Crippen LogP contribution in [0.3, 0.4) is 0 Å². The lowest BCUT2D eigenvalue weighted by molar-refractivity contribution is 0.437. The van der Waals surface area contributed by atoms with Gasteiger partial charge in [0, 0.05) is 5.92 Å². The van der Waals surface area contributed by atoms with E-state index < -0.39 is 0 Å². The molecule has 1 heterocycles. The Hall–Kier alpha value is -1.68. The summed E-state index contributed by atoms with van der Waals surface area (Å²) < 4.78 is 0. The molecule has 1 aliphatic carbocycles. The monoisotopic (exact) mass is 242 g/mol. The van der Waals surface area contributed by atoms with Gasteiger partial charge in [0.15, 0.2) is 5.82 Å². The molecular weight excluding hydrogens is 224 g/mol. The molecule has 0 atom stereocenters. The van der Waals surface area contributed by atoms with Gasteiger partial charge in [0.25, 0.3) is 0 Å². The maximum Gasteiger partial charge on any atom is 0.162 e. The summed E-state index contributed by atoms with van der Waals surface area (Å²) >= 11 is 0. The van der Waals surface area contributed by atoms with E-state index >= 15 is 0 Å². The number of nitrogen functional groups attached to an aromatic ring is 1. The van der Waals surface area contributed by atoms with Crippen LogP contribution in [0.15, 0.2) is 24.3 Å². The van der Waals surface area contributed by atoms with E-state index in [1.807, 2.05) is 24.3 Å². The standard InChI is InChI=1S/C14H18N4/c15-18-14-13(10-6-2-1-3-7-10)16-11-8-4-5-9-12(11)17-14/h4-5,8-10H,1-3,6-7,15H2,(H,17,18). The highest BCUT2D eigenvalue weighted by atomic mass is 15.3. The van der Waals surface area contributed by atoms with E-state index in [1.54, 1.807) is 0 Å². The van der Waals surface area contributed by atoms with Crippen LogP contribution in [0.2, 0.25) is 0 Å². The van der Waals surface area contributed by atoms with E-state index in [0.29, 0.717) is 5.92 Å². The molecule has 18 heavy (non-hydrogen) atoms. The number of fused-ring (bicyclic) bond motifs is 1. The molecule has 4 heteroatoms. The second kappa shape index (κ2) is 4.90. The van der Waals surface area contributed by atoms with Gasteiger partial charge in [0.1, 0.15) is 0 Å². The molecule has 94 valence electrons. The van der Waals surface area contributed by atoms with Crippen LogP contribution in [0.25, 0.3) is 11.0 Å². The maximum atomic E-state index is 5.60. The van der Waals surface area contributed by atoms with Crippen LogP contribution in [-0.2, 0) is 0 Å². The molecular formula is C14H18N4. The van der Waals surface area contributed by atoms with Crippen molar-refractivity contribution in [2.45, 2.75) is 38.0 Å². The first-order valence-corrected chi connectivity index (χ1v) is 6.62. The Balaban J connectivity index is 2.08. The minimum atomic E-state index is 0.502. The zero-order chi connectivity index (χ0) is 12.4. The predicted molar refractivity (Wildman–Crippen MR) is 73.2 cm³/mol. The van der Waals surface area contributed by atoms with Crippen LogP contribution in [0.4, 0.5) is 5.82 Å². The van der Waals surface area contributed by atoms with Gasteiger partial charge in [-0.15, -0.1) is 0 Å². The highest BCUT2D eigenvalue weighted by Crippen LogP contribution is 2.35. The van der Waals surface area contributed by atoms with Crippen molar-refractivity contribution in [3.8, 4) is 0 Å². The van der Waals surface area contributed by atoms with Crippen molar-refractivity contribution in [3.63, 3.8) is 0 Å². The Morgan fingerprint density at radius 2 is 1.67 bits per heavy atom. The normalized spacial score (nSPS) is 16.9. The van der Waals surface area contributed by atoms with Gasteiger partial charge in [-0.1, -0.05) is 31.4 Å². The maximum absolute atomic E-state index is 5.60. The van der Waals surface area contributed by atoms with E-state index in [9.17, 15) is 0 Å². The third-order valence-corrected chi connectivity index (χ3v) is 3.73. The van der Waals surface area contributed by atoms with Crippen LogP contribution in [0.1, 0.15) is 43.7 Å². The number of hydrazine groups is 1. The van der Waals surface area contributed by atoms with E-state index in [-0.39, 0.29) is 0 Å². The third kappa shape index (κ3) is 2.04. The first-order valence-electron chi connectivity index (χ1n) is 6.62. The molecule has 0 saturated heterocycles. The minimum Gasteiger partial charge on any atom is -0.307 e. The molecule has 1 aromatic heterocycles. The zero-order valence-corrected chi connectivity index (χ0v) is 10.4. The zero-order valence-electron chi connectivity index (χ0n) is 10.4. The molecule has 4 nitrogen and oxygen atoms in total. The number of para-hydroxylation sites is 2. The number of benzene rings is 1. The smallest absolute Gasteiger partial charge is 0.162 e. The molecule has 0 amide bonds. The SMILES string of the molecule is NNc1nc2ccccc2nc1C1CCCCC1. The Labute approximate surface area is 107 Å². The Morgan fingerprint density at radius 1 is 1.00 bits per heavy atom. The van der Waals surface area contributed by atoms with E-state index in [0.717, 1.165) is 22.5 Å². The number of nitrogens with two attached hydrogens (primary N) is 1. The summed E-state index contributed by atoms with van der Waals surface area (Å²) in [6.07, 6.45) is 6.29. The molecule has 1 aromatic carbocycles. The number of hydrogen-bond donors (Lipinski definition) is 2. The molecule has 0 unspecified atom stereocenters. The highest BCUT2D eigenvalue weighted by Gasteiger charge is 2.21. The van der Waals surface area contributed by atoms with Crippen LogP contribution >= 0.6 is 0 Å². The largest absolute Gasteiger partial charge is 0.307 e. The van der Waals surface area contributed by atoms with Gasteiger partial charge in [0.05, 0.1) is 16.7 Å². The van der Waals surface area contributed by atoms with E-state index in [1.165, 1.54) is 32.1 Å². The van der Waals surface area contributed by atoms with Crippen molar-refractivity contribution in [1.29, 1.82) is 0 Å². The predicted octanol–water partition coefficient (Wildman–Crippen LogP) is 2.96. The van der Waals surface area contributed by atoms with Gasteiger partial charge in [-0.2, -0.15) is 0 Å². The van der Waals surface area contributed by atoms with Gasteiger partial charge < -0.3 is 5.43 Å². The van der Waals surface area contributed by atoms with Crippen LogP contribution in [-0.4, -0.2) is 9.97 Å². The molecule has 0 aliphatic heterocycles. The average Bonchev–Trinajstić information content (AvgIpc) is 2.46. The minimum absolute atomic E-state index is 0.502. The van der Waals surface area contributed by atoms with E-state index in [2.05, 4.69) is 10.4 Å². The second-order valence-electron chi connectivity index (χ2n) is 4.93. The lowest BCUT2D eigenvalue weighted by Crippen LogP contribution is -2.16. The highest BCUT2D eigenvalue weighted by molar-refractivity contribution is 5.76. The fourth-order valence-electron chi connectivity index (χ4n) is 2.78. The summed E-state index contributed by atoms with van der Waals surface area (Å²) in [6, 6.07) is 7.94. The number of hydrogen-bond acceptors (Lipinski definition) is 4. The summed E-state index contributed by atoms with van der Waals surface area (Å²) in [6.45, 7) is 0. The fraction of sp³-hybridized carbons (Fsp3) is 0.429. The Kier molecular flexibility index (Phi) is 3.11. The molecule has 1 fully saturated rings. The number of anilines is 1. The topological polar surface area (TPSA) is 63.8 Å². The summed E-state index contributed by atoms with van der Waals surface area (Å²) in [4.78, 5) is 9.33. The lowest BCUT2D eigenvalue weighted by Gasteiger charge is -2.22. The van der Waals surface area contributed by atoms with Gasteiger partial charge in [0.2, 0.25) is 0 Å². The Bertz CT molecular complexity index is 546. The van der Waals surface area contributed by atoms with Gasteiger partial charge >= 0.3 is 0 Å². The molecule has 1 saturated carbocycles. The summed E-state index contributed by atoms with van der Waals surface area (Å²) in [7, 11) is 0. The average molecular weight is 242 g/mol. The number of rotatable bonds is 2. The first kappa shape index (κ1) is 11.4. The molecule has 3 N–H and O–H groups in total. The molecule has 3 rings (SSSR count). The summed E-state index contributed by atoms with van der Waals surface area (Å²) in [5.41, 5.74) is 5.60. The first-order chi connectivity index (χ1) is 8.88. The number of aromatic nitrogens is 2. The van der Waals surface area contributed by atoms with Crippen molar-refractivity contribution in [3.05, 3.63) is 30.0 Å². The van der Waals surface area contributed by atoms with Gasteiger partial charge in [-0.25, -0.2) is 15.8 Å². The van der Waals surface area contributed by atoms with Crippen molar-refractivity contribution in [2.75, 3.05) is 5.43 Å². The quantitative estimate of drug-likeness (QED) is 0.627. The molecule has 0 bridgehead atoms. The van der Waals surface area contributed by atoms with Crippen LogP contribution in [0.5, 0.6) is 0 Å². The third-order valence-electron chi connectivity index (χ3n) is 3.73. The van der Waals surface area contributed by atoms with Crippen LogP contribution < -0.4 is 11.3 Å². The molecule has 0 radical (unpaired) electrons. The fourth-order valence-corrected chi connectivity index (χ4v) is 2.78. The van der Waals surface area contributed by atoms with Crippen LogP contribution in [0, 0.1) is 0 Å². The summed E-state index contributed by atoms with van der Waals surface area (Å²) in [5, 5.41) is 0. The van der Waals surface area contributed by atoms with Crippen molar-refractivity contribution in [2.24, 2.45) is 5.84 Å². The number of nitrogens with one attached hydrogen (secondary N) is 1. The molecule has 0 spiro atoms. The van der Waals surface area contributed by atoms with Crippen molar-refractivity contribution >= 4 is 16.9 Å². The second-order valence-corrected chi connectivity index (χ2v) is 4.93. The van der Waals surface area contributed by atoms with Crippen molar-refractivity contribution < 1.29 is 0 Å². The molecule has 1 aliphatic rings. The molecule has 2 aromatic rings. The van der Waals surface area contributed by atoms with Crippen molar-refractivity contribution in [1.82, 2.24) is 9.97 Å². The van der Waals surface area contributed by atoms with Gasteiger partial charge in [-0.3, -0.25) is 0 Å². The lowest BCUT2D eigenvalue weighted by atomic mass is 9.86. The van der Waals surface area contributed by atoms with Gasteiger partial charge in [-0.05, 0) is 25.0 Å². The summed E-state index contributed by atoms with van der Waals surface area (Å²) in [5.74, 6) is 6.83. The number of nitrogens with zero attached hydrogens (tertiary/aromatic N) is 2.